The molecule has 1 aliphatic carbocycles. The van der Waals surface area contributed by atoms with Gasteiger partial charge in [-0.3, -0.25) is 4.90 Å². The zero-order valence-corrected chi connectivity index (χ0v) is 14.8. The molecule has 1 saturated carbocycles. The van der Waals surface area contributed by atoms with Crippen LogP contribution in [-0.2, 0) is 0 Å². The molecule has 1 heterocycles. The van der Waals surface area contributed by atoms with E-state index in [0.717, 1.165) is 34.0 Å². The number of benzene rings is 2. The maximum absolute atomic E-state index is 13.4. The van der Waals surface area contributed by atoms with Crippen molar-refractivity contribution in [1.29, 1.82) is 0 Å². The normalized spacial score (nSPS) is 17.1. The summed E-state index contributed by atoms with van der Waals surface area (Å²) in [5.41, 5.74) is 1.99. The third-order valence-electron chi connectivity index (χ3n) is 5.05. The molecule has 3 nitrogen and oxygen atoms in total. The average molecular weight is 338 g/mol. The number of carbonyl (C=O) groups is 1. The molecule has 0 bridgehead atoms. The summed E-state index contributed by atoms with van der Waals surface area (Å²) in [6.07, 6.45) is 5.99. The Morgan fingerprint density at radius 3 is 2.08 bits per heavy atom. The summed E-state index contributed by atoms with van der Waals surface area (Å²) in [4.78, 5) is 19.5. The molecule has 4 heteroatoms. The van der Waals surface area contributed by atoms with Gasteiger partial charge in [-0.2, -0.15) is 0 Å². The van der Waals surface area contributed by atoms with E-state index in [2.05, 4.69) is 12.1 Å². The van der Waals surface area contributed by atoms with Gasteiger partial charge in [-0.15, -0.1) is 0 Å². The third-order valence-corrected chi connectivity index (χ3v) is 6.18. The first kappa shape index (κ1) is 15.6. The number of anilines is 2. The Labute approximate surface area is 147 Å². The van der Waals surface area contributed by atoms with E-state index >= 15 is 0 Å². The summed E-state index contributed by atoms with van der Waals surface area (Å²) in [6.45, 7) is 0. The second kappa shape index (κ2) is 6.52. The van der Waals surface area contributed by atoms with Crippen molar-refractivity contribution in [3.05, 3.63) is 48.5 Å². The predicted octanol–water partition coefficient (Wildman–Crippen LogP) is 5.67. The second-order valence-corrected chi connectivity index (χ2v) is 7.64. The third kappa shape index (κ3) is 2.69. The summed E-state index contributed by atoms with van der Waals surface area (Å²) in [5.74, 6) is 0. The predicted molar refractivity (Wildman–Crippen MR) is 99.2 cm³/mol. The molecular formula is C20H22N2OS. The minimum atomic E-state index is 0.0853. The molecule has 0 saturated heterocycles. The quantitative estimate of drug-likeness (QED) is 0.668. The SMILES string of the molecule is CN(C(=O)N1c2ccccc2Sc2ccccc21)C1CCCCC1. The molecule has 0 atom stereocenters. The van der Waals surface area contributed by atoms with Crippen molar-refractivity contribution in [1.82, 2.24) is 4.90 Å². The van der Waals surface area contributed by atoms with E-state index in [9.17, 15) is 4.79 Å². The first-order chi connectivity index (χ1) is 11.8. The molecule has 2 amide bonds. The van der Waals surface area contributed by atoms with Gasteiger partial charge in [-0.1, -0.05) is 55.3 Å². The number of hydrogen-bond donors (Lipinski definition) is 0. The van der Waals surface area contributed by atoms with E-state index in [-0.39, 0.29) is 6.03 Å². The summed E-state index contributed by atoms with van der Waals surface area (Å²) in [5, 5.41) is 0. The average Bonchev–Trinajstić information content (AvgIpc) is 2.65. The van der Waals surface area contributed by atoms with E-state index in [1.807, 2.05) is 53.2 Å². The molecule has 2 aromatic carbocycles. The highest BCUT2D eigenvalue weighted by Crippen LogP contribution is 2.48. The number of fused-ring (bicyclic) bond motifs is 2. The molecule has 0 aromatic heterocycles. The molecule has 0 N–H and O–H groups in total. The number of urea groups is 1. The Hall–Kier alpha value is -1.94. The van der Waals surface area contributed by atoms with Gasteiger partial charge in [0.25, 0.3) is 0 Å². The van der Waals surface area contributed by atoms with Crippen molar-refractivity contribution in [2.24, 2.45) is 0 Å². The maximum Gasteiger partial charge on any atom is 0.329 e. The highest BCUT2D eigenvalue weighted by Gasteiger charge is 2.32. The van der Waals surface area contributed by atoms with Crippen LogP contribution in [0.3, 0.4) is 0 Å². The van der Waals surface area contributed by atoms with Crippen molar-refractivity contribution in [3.8, 4) is 0 Å². The van der Waals surface area contributed by atoms with Crippen LogP contribution in [0.4, 0.5) is 16.2 Å². The molecule has 2 aliphatic rings. The fourth-order valence-corrected chi connectivity index (χ4v) is 4.75. The molecule has 2 aromatic rings. The lowest BCUT2D eigenvalue weighted by Crippen LogP contribution is -2.45. The van der Waals surface area contributed by atoms with Crippen LogP contribution < -0.4 is 4.90 Å². The number of nitrogens with zero attached hydrogens (tertiary/aromatic N) is 2. The Kier molecular flexibility index (Phi) is 4.23. The molecule has 1 fully saturated rings. The van der Waals surface area contributed by atoms with Crippen LogP contribution >= 0.6 is 11.8 Å². The molecular weight excluding hydrogens is 316 g/mol. The van der Waals surface area contributed by atoms with Gasteiger partial charge >= 0.3 is 6.03 Å². The lowest BCUT2D eigenvalue weighted by atomic mass is 9.94. The smallest absolute Gasteiger partial charge is 0.324 e. The van der Waals surface area contributed by atoms with Crippen LogP contribution in [0, 0.1) is 0 Å². The van der Waals surface area contributed by atoms with Crippen molar-refractivity contribution in [3.63, 3.8) is 0 Å². The zero-order chi connectivity index (χ0) is 16.5. The minimum Gasteiger partial charge on any atom is -0.324 e. The number of para-hydroxylation sites is 2. The van der Waals surface area contributed by atoms with Gasteiger partial charge in [-0.25, -0.2) is 4.79 Å². The number of carbonyl (C=O) groups excluding carboxylic acids is 1. The lowest BCUT2D eigenvalue weighted by Gasteiger charge is -2.38. The monoisotopic (exact) mass is 338 g/mol. The Balaban J connectivity index is 1.72. The van der Waals surface area contributed by atoms with Crippen molar-refractivity contribution < 1.29 is 4.79 Å². The number of rotatable bonds is 1. The highest BCUT2D eigenvalue weighted by molar-refractivity contribution is 7.99. The largest absolute Gasteiger partial charge is 0.329 e. The fourth-order valence-electron chi connectivity index (χ4n) is 3.69. The van der Waals surface area contributed by atoms with Crippen molar-refractivity contribution >= 4 is 29.2 Å². The molecule has 0 unspecified atom stereocenters. The van der Waals surface area contributed by atoms with E-state index in [4.69, 9.17) is 0 Å². The number of hydrogen-bond acceptors (Lipinski definition) is 2. The summed E-state index contributed by atoms with van der Waals surface area (Å²) in [6, 6.07) is 16.8. The second-order valence-electron chi connectivity index (χ2n) is 6.56. The van der Waals surface area contributed by atoms with Gasteiger partial charge in [0.2, 0.25) is 0 Å². The van der Waals surface area contributed by atoms with Crippen molar-refractivity contribution in [2.75, 3.05) is 11.9 Å². The van der Waals surface area contributed by atoms with Gasteiger partial charge in [-0.05, 0) is 37.1 Å². The van der Waals surface area contributed by atoms with E-state index < -0.39 is 0 Å². The topological polar surface area (TPSA) is 23.6 Å². The summed E-state index contributed by atoms with van der Waals surface area (Å²) in [7, 11) is 1.96. The highest BCUT2D eigenvalue weighted by atomic mass is 32.2. The first-order valence-electron chi connectivity index (χ1n) is 8.68. The van der Waals surface area contributed by atoms with Gasteiger partial charge < -0.3 is 4.90 Å². The van der Waals surface area contributed by atoms with Crippen LogP contribution in [-0.4, -0.2) is 24.0 Å². The molecule has 1 aliphatic heterocycles. The maximum atomic E-state index is 13.4. The van der Waals surface area contributed by atoms with E-state index in [0.29, 0.717) is 6.04 Å². The van der Waals surface area contributed by atoms with Crippen LogP contribution in [0.5, 0.6) is 0 Å². The standard InChI is InChI=1S/C20H22N2OS/c1-21(15-9-3-2-4-10-15)20(23)22-16-11-5-7-13-18(16)24-19-14-8-6-12-17(19)22/h5-8,11-15H,2-4,9-10H2,1H3. The van der Waals surface area contributed by atoms with Crippen LogP contribution in [0.1, 0.15) is 32.1 Å². The molecule has 24 heavy (non-hydrogen) atoms. The minimum absolute atomic E-state index is 0.0853. The van der Waals surface area contributed by atoms with Gasteiger partial charge in [0.05, 0.1) is 11.4 Å². The Morgan fingerprint density at radius 2 is 1.50 bits per heavy atom. The van der Waals surface area contributed by atoms with E-state index in [1.165, 1.54) is 19.3 Å². The van der Waals surface area contributed by atoms with Gasteiger partial charge in [0.1, 0.15) is 0 Å². The van der Waals surface area contributed by atoms with Crippen LogP contribution in [0.25, 0.3) is 0 Å². The first-order valence-corrected chi connectivity index (χ1v) is 9.50. The molecule has 0 spiro atoms. The van der Waals surface area contributed by atoms with Crippen LogP contribution in [0.15, 0.2) is 58.3 Å². The lowest BCUT2D eigenvalue weighted by molar-refractivity contribution is 0.182. The number of amides is 2. The Bertz CT molecular complexity index is 709. The molecule has 4 rings (SSSR count). The zero-order valence-electron chi connectivity index (χ0n) is 13.9. The molecule has 0 radical (unpaired) electrons. The van der Waals surface area contributed by atoms with Gasteiger partial charge in [0, 0.05) is 22.9 Å². The summed E-state index contributed by atoms with van der Waals surface area (Å²) >= 11 is 1.74. The van der Waals surface area contributed by atoms with Crippen LogP contribution in [0.2, 0.25) is 0 Å². The van der Waals surface area contributed by atoms with Crippen molar-refractivity contribution in [2.45, 2.75) is 47.9 Å². The Morgan fingerprint density at radius 1 is 0.958 bits per heavy atom. The van der Waals surface area contributed by atoms with Gasteiger partial charge in [0.15, 0.2) is 0 Å². The summed E-state index contributed by atoms with van der Waals surface area (Å²) < 4.78 is 0. The molecule has 124 valence electrons. The van der Waals surface area contributed by atoms with E-state index in [1.54, 1.807) is 11.8 Å². The fraction of sp³-hybridized carbons (Fsp3) is 0.350.